The molecule has 3 aromatic rings. The predicted molar refractivity (Wildman–Crippen MR) is 110 cm³/mol. The van der Waals surface area contributed by atoms with Crippen LogP contribution in [-0.4, -0.2) is 27.2 Å². The second kappa shape index (κ2) is 8.81. The van der Waals surface area contributed by atoms with E-state index in [-0.39, 0.29) is 5.91 Å². The predicted octanol–water partition coefficient (Wildman–Crippen LogP) is 4.71. The summed E-state index contributed by atoms with van der Waals surface area (Å²) in [4.78, 5) is 12.9. The standard InChI is InChI=1S/C22H22N2O4/c1-26-19-13-15(14-20(27-2)21(19)28-3)22(25)24-18-12-8-7-11-17(18)23-16-9-5-4-6-10-16/h4-14,23H,1-3H3,(H,24,25). The average Bonchev–Trinajstić information content (AvgIpc) is 2.74. The maximum atomic E-state index is 12.9. The summed E-state index contributed by atoms with van der Waals surface area (Å²) >= 11 is 0. The maximum absolute atomic E-state index is 12.9. The van der Waals surface area contributed by atoms with E-state index in [2.05, 4.69) is 10.6 Å². The molecular weight excluding hydrogens is 356 g/mol. The average molecular weight is 378 g/mol. The largest absolute Gasteiger partial charge is 0.493 e. The summed E-state index contributed by atoms with van der Waals surface area (Å²) in [7, 11) is 4.54. The summed E-state index contributed by atoms with van der Waals surface area (Å²) in [6, 6.07) is 20.5. The minimum Gasteiger partial charge on any atom is -0.493 e. The first-order chi connectivity index (χ1) is 13.7. The molecule has 28 heavy (non-hydrogen) atoms. The number of para-hydroxylation sites is 3. The molecule has 0 spiro atoms. The van der Waals surface area contributed by atoms with Crippen LogP contribution >= 0.6 is 0 Å². The van der Waals surface area contributed by atoms with E-state index in [4.69, 9.17) is 14.2 Å². The first-order valence-corrected chi connectivity index (χ1v) is 8.68. The number of anilines is 3. The molecule has 0 atom stereocenters. The Morgan fingerprint density at radius 1 is 0.750 bits per heavy atom. The Morgan fingerprint density at radius 3 is 1.89 bits per heavy atom. The lowest BCUT2D eigenvalue weighted by atomic mass is 10.1. The summed E-state index contributed by atoms with van der Waals surface area (Å²) < 4.78 is 16.0. The number of rotatable bonds is 7. The summed E-state index contributed by atoms with van der Waals surface area (Å²) in [5.74, 6) is 0.986. The van der Waals surface area contributed by atoms with Gasteiger partial charge in [-0.1, -0.05) is 30.3 Å². The van der Waals surface area contributed by atoms with Gasteiger partial charge in [0.05, 0.1) is 32.7 Å². The van der Waals surface area contributed by atoms with Crippen molar-refractivity contribution in [2.24, 2.45) is 0 Å². The van der Waals surface area contributed by atoms with Crippen molar-refractivity contribution in [3.05, 3.63) is 72.3 Å². The van der Waals surface area contributed by atoms with E-state index >= 15 is 0 Å². The number of hydrogen-bond donors (Lipinski definition) is 2. The van der Waals surface area contributed by atoms with Crippen molar-refractivity contribution in [3.8, 4) is 17.2 Å². The molecule has 0 saturated heterocycles. The smallest absolute Gasteiger partial charge is 0.255 e. The second-order valence-electron chi connectivity index (χ2n) is 5.90. The molecule has 0 aliphatic heterocycles. The third-order valence-corrected chi connectivity index (χ3v) is 4.15. The van der Waals surface area contributed by atoms with Gasteiger partial charge in [-0.05, 0) is 36.4 Å². The van der Waals surface area contributed by atoms with Gasteiger partial charge in [0.2, 0.25) is 5.75 Å². The summed E-state index contributed by atoms with van der Waals surface area (Å²) in [5, 5.41) is 6.24. The van der Waals surface area contributed by atoms with Crippen LogP contribution in [0.1, 0.15) is 10.4 Å². The van der Waals surface area contributed by atoms with Gasteiger partial charge in [-0.25, -0.2) is 0 Å². The van der Waals surface area contributed by atoms with Crippen molar-refractivity contribution < 1.29 is 19.0 Å². The number of amides is 1. The van der Waals surface area contributed by atoms with Crippen LogP contribution in [0.15, 0.2) is 66.7 Å². The van der Waals surface area contributed by atoms with Crippen LogP contribution in [0, 0.1) is 0 Å². The topological polar surface area (TPSA) is 68.8 Å². The van der Waals surface area contributed by atoms with E-state index in [0.29, 0.717) is 28.5 Å². The van der Waals surface area contributed by atoms with Crippen LogP contribution in [0.2, 0.25) is 0 Å². The molecule has 0 saturated carbocycles. The monoisotopic (exact) mass is 378 g/mol. The van der Waals surface area contributed by atoms with Gasteiger partial charge in [0, 0.05) is 11.3 Å². The summed E-state index contributed by atoms with van der Waals surface area (Å²) in [6.07, 6.45) is 0. The zero-order chi connectivity index (χ0) is 19.9. The highest BCUT2D eigenvalue weighted by atomic mass is 16.5. The Balaban J connectivity index is 1.88. The van der Waals surface area contributed by atoms with Gasteiger partial charge in [0.25, 0.3) is 5.91 Å². The molecule has 1 amide bonds. The number of nitrogens with one attached hydrogen (secondary N) is 2. The quantitative estimate of drug-likeness (QED) is 0.623. The fourth-order valence-corrected chi connectivity index (χ4v) is 2.78. The van der Waals surface area contributed by atoms with Crippen molar-refractivity contribution in [2.75, 3.05) is 32.0 Å². The third-order valence-electron chi connectivity index (χ3n) is 4.15. The summed E-state index contributed by atoms with van der Waals surface area (Å²) in [6.45, 7) is 0. The fraction of sp³-hybridized carbons (Fsp3) is 0.136. The van der Waals surface area contributed by atoms with Crippen LogP contribution in [0.3, 0.4) is 0 Å². The highest BCUT2D eigenvalue weighted by Gasteiger charge is 2.17. The fourth-order valence-electron chi connectivity index (χ4n) is 2.78. The number of benzene rings is 3. The number of ether oxygens (including phenoxy) is 3. The minimum atomic E-state index is -0.290. The highest BCUT2D eigenvalue weighted by Crippen LogP contribution is 2.38. The molecule has 0 aliphatic rings. The van der Waals surface area contributed by atoms with E-state index in [9.17, 15) is 4.79 Å². The molecule has 0 bridgehead atoms. The Labute approximate surface area is 164 Å². The Bertz CT molecular complexity index is 933. The molecule has 3 aromatic carbocycles. The van der Waals surface area contributed by atoms with Crippen molar-refractivity contribution in [1.29, 1.82) is 0 Å². The zero-order valence-electron chi connectivity index (χ0n) is 16.0. The van der Waals surface area contributed by atoms with Gasteiger partial charge in [-0.3, -0.25) is 4.79 Å². The lowest BCUT2D eigenvalue weighted by Gasteiger charge is -2.15. The number of carbonyl (C=O) groups is 1. The van der Waals surface area contributed by atoms with Gasteiger partial charge in [0.1, 0.15) is 0 Å². The SMILES string of the molecule is COc1cc(C(=O)Nc2ccccc2Nc2ccccc2)cc(OC)c1OC. The Kier molecular flexibility index (Phi) is 6.01. The number of hydrogen-bond acceptors (Lipinski definition) is 5. The molecular formula is C22H22N2O4. The molecule has 0 radical (unpaired) electrons. The van der Waals surface area contributed by atoms with E-state index in [1.165, 1.54) is 21.3 Å². The minimum absolute atomic E-state index is 0.290. The molecule has 6 heteroatoms. The molecule has 0 unspecified atom stereocenters. The van der Waals surface area contributed by atoms with Crippen molar-refractivity contribution in [2.45, 2.75) is 0 Å². The first kappa shape index (κ1) is 19.1. The van der Waals surface area contributed by atoms with E-state index in [0.717, 1.165) is 11.4 Å². The van der Waals surface area contributed by atoms with Gasteiger partial charge < -0.3 is 24.8 Å². The Morgan fingerprint density at radius 2 is 1.32 bits per heavy atom. The van der Waals surface area contributed by atoms with Gasteiger partial charge in [-0.2, -0.15) is 0 Å². The number of methoxy groups -OCH3 is 3. The number of carbonyl (C=O) groups excluding carboxylic acids is 1. The molecule has 144 valence electrons. The maximum Gasteiger partial charge on any atom is 0.255 e. The molecule has 2 N–H and O–H groups in total. The van der Waals surface area contributed by atoms with Crippen LogP contribution in [0.5, 0.6) is 17.2 Å². The Hall–Kier alpha value is -3.67. The van der Waals surface area contributed by atoms with Crippen LogP contribution in [-0.2, 0) is 0 Å². The second-order valence-corrected chi connectivity index (χ2v) is 5.90. The zero-order valence-corrected chi connectivity index (χ0v) is 16.0. The van der Waals surface area contributed by atoms with E-state index < -0.39 is 0 Å². The van der Waals surface area contributed by atoms with Crippen LogP contribution in [0.4, 0.5) is 17.1 Å². The van der Waals surface area contributed by atoms with Crippen LogP contribution in [0.25, 0.3) is 0 Å². The molecule has 0 aliphatic carbocycles. The van der Waals surface area contributed by atoms with E-state index in [1.54, 1.807) is 12.1 Å². The van der Waals surface area contributed by atoms with Gasteiger partial charge >= 0.3 is 0 Å². The highest BCUT2D eigenvalue weighted by molar-refractivity contribution is 6.06. The van der Waals surface area contributed by atoms with E-state index in [1.807, 2.05) is 54.6 Å². The molecule has 0 heterocycles. The lowest BCUT2D eigenvalue weighted by molar-refractivity contribution is 0.102. The first-order valence-electron chi connectivity index (χ1n) is 8.68. The van der Waals surface area contributed by atoms with Gasteiger partial charge in [0.15, 0.2) is 11.5 Å². The molecule has 0 aromatic heterocycles. The third kappa shape index (κ3) is 4.17. The molecule has 0 fully saturated rings. The van der Waals surface area contributed by atoms with Crippen molar-refractivity contribution in [3.63, 3.8) is 0 Å². The van der Waals surface area contributed by atoms with Gasteiger partial charge in [-0.15, -0.1) is 0 Å². The summed E-state index contributed by atoms with van der Waals surface area (Å²) in [5.41, 5.74) is 2.76. The molecule has 6 nitrogen and oxygen atoms in total. The normalized spacial score (nSPS) is 10.1. The van der Waals surface area contributed by atoms with Crippen molar-refractivity contribution >= 4 is 23.0 Å². The van der Waals surface area contributed by atoms with Crippen LogP contribution < -0.4 is 24.8 Å². The lowest BCUT2D eigenvalue weighted by Crippen LogP contribution is -2.13. The van der Waals surface area contributed by atoms with Crippen molar-refractivity contribution in [1.82, 2.24) is 0 Å². The molecule has 3 rings (SSSR count).